The predicted molar refractivity (Wildman–Crippen MR) is 190 cm³/mol. The van der Waals surface area contributed by atoms with Gasteiger partial charge < -0.3 is 4.74 Å². The highest BCUT2D eigenvalue weighted by molar-refractivity contribution is 5.59. The molecule has 0 spiro atoms. The number of benzene rings is 4. The van der Waals surface area contributed by atoms with Gasteiger partial charge in [0.15, 0.2) is 0 Å². The third-order valence-corrected chi connectivity index (χ3v) is 8.85. The first-order chi connectivity index (χ1) is 23.1. The highest BCUT2D eigenvalue weighted by Gasteiger charge is 2.26. The molecule has 0 bridgehead atoms. The van der Waals surface area contributed by atoms with E-state index in [4.69, 9.17) is 24.7 Å². The molecule has 47 heavy (non-hydrogen) atoms. The largest absolute Gasteiger partial charge is 0.353 e. The number of rotatable bonds is 12. The van der Waals surface area contributed by atoms with Gasteiger partial charge in [-0.2, -0.15) is 0 Å². The van der Waals surface area contributed by atoms with Gasteiger partial charge in [-0.3, -0.25) is 19.9 Å². The minimum absolute atomic E-state index is 0.483. The molecule has 4 aromatic carbocycles. The van der Waals surface area contributed by atoms with Crippen LogP contribution in [0.4, 0.5) is 0 Å². The molecule has 5 heteroatoms. The molecule has 0 aliphatic heterocycles. The van der Waals surface area contributed by atoms with Gasteiger partial charge in [0, 0.05) is 11.1 Å². The average Bonchev–Trinajstić information content (AvgIpc) is 3.16. The number of hydrogen-bond acceptors (Lipinski definition) is 5. The summed E-state index contributed by atoms with van der Waals surface area (Å²) in [5.74, 6) is 0. The molecule has 0 aliphatic carbocycles. The van der Waals surface area contributed by atoms with Gasteiger partial charge in [0.1, 0.15) is 12.2 Å². The van der Waals surface area contributed by atoms with Crippen molar-refractivity contribution >= 4 is 0 Å². The van der Waals surface area contributed by atoms with Gasteiger partial charge in [-0.25, -0.2) is 0 Å². The third kappa shape index (κ3) is 7.53. The molecule has 0 saturated carbocycles. The van der Waals surface area contributed by atoms with Crippen molar-refractivity contribution in [3.05, 3.63) is 167 Å². The van der Waals surface area contributed by atoms with Gasteiger partial charge in [0.2, 0.25) is 0 Å². The summed E-state index contributed by atoms with van der Waals surface area (Å²) in [6, 6.07) is 34.2. The van der Waals surface area contributed by atoms with Crippen molar-refractivity contribution in [2.45, 2.75) is 65.6 Å². The van der Waals surface area contributed by atoms with Crippen LogP contribution in [-0.2, 0) is 30.4 Å². The van der Waals surface area contributed by atoms with Crippen LogP contribution >= 0.6 is 0 Å². The fourth-order valence-electron chi connectivity index (χ4n) is 5.70. The van der Waals surface area contributed by atoms with Crippen molar-refractivity contribution in [3.63, 3.8) is 0 Å². The number of aryl methyl sites for hydroxylation is 4. The summed E-state index contributed by atoms with van der Waals surface area (Å²) in [6.07, 6.45) is 10.3. The number of ether oxygens (including phenoxy) is 1. The summed E-state index contributed by atoms with van der Waals surface area (Å²) < 4.78 is 7.09. The molecular weight excluding hydrogens is 576 g/mol. The maximum absolute atomic E-state index is 7.09. The van der Waals surface area contributed by atoms with Gasteiger partial charge in [-0.05, 0) is 59.1 Å². The molecule has 0 radical (unpaired) electrons. The molecule has 0 fully saturated rings. The van der Waals surface area contributed by atoms with Crippen LogP contribution in [0.1, 0.15) is 84.7 Å². The van der Waals surface area contributed by atoms with Gasteiger partial charge in [0.05, 0.1) is 47.6 Å². The van der Waals surface area contributed by atoms with E-state index >= 15 is 0 Å². The minimum Gasteiger partial charge on any atom is -0.353 e. The third-order valence-electron chi connectivity index (χ3n) is 8.85. The van der Waals surface area contributed by atoms with E-state index in [1.165, 1.54) is 22.3 Å². The first-order valence-corrected chi connectivity index (χ1v) is 16.7. The fraction of sp³-hybridized carbons (Fsp3) is 0.238. The lowest BCUT2D eigenvalue weighted by Crippen LogP contribution is -2.16. The van der Waals surface area contributed by atoms with Crippen LogP contribution in [0.2, 0.25) is 0 Å². The molecule has 2 heterocycles. The lowest BCUT2D eigenvalue weighted by molar-refractivity contribution is 0.0258. The maximum Gasteiger partial charge on any atom is 0.127 e. The summed E-state index contributed by atoms with van der Waals surface area (Å²) in [5, 5.41) is 0. The highest BCUT2D eigenvalue weighted by atomic mass is 16.5. The van der Waals surface area contributed by atoms with Crippen LogP contribution in [-0.4, -0.2) is 19.9 Å². The lowest BCUT2D eigenvalue weighted by atomic mass is 10.0. The Bertz CT molecular complexity index is 1710. The van der Waals surface area contributed by atoms with Crippen molar-refractivity contribution in [2.75, 3.05) is 0 Å². The quantitative estimate of drug-likeness (QED) is 0.137. The van der Waals surface area contributed by atoms with E-state index in [1.807, 2.05) is 24.8 Å². The Labute approximate surface area is 278 Å². The Balaban J connectivity index is 1.38. The second-order valence-corrected chi connectivity index (χ2v) is 11.8. The summed E-state index contributed by atoms with van der Waals surface area (Å²) in [4.78, 5) is 19.6. The van der Waals surface area contributed by atoms with Gasteiger partial charge in [-0.1, -0.05) is 125 Å². The summed E-state index contributed by atoms with van der Waals surface area (Å²) in [5.41, 5.74) is 12.4. The van der Waals surface area contributed by atoms with Gasteiger partial charge >= 0.3 is 0 Å². The zero-order valence-electron chi connectivity index (χ0n) is 27.7. The predicted octanol–water partition coefficient (Wildman–Crippen LogP) is 9.75. The van der Waals surface area contributed by atoms with Crippen LogP contribution in [0.15, 0.2) is 122 Å². The van der Waals surface area contributed by atoms with Crippen molar-refractivity contribution in [3.8, 4) is 22.5 Å². The Morgan fingerprint density at radius 2 is 0.723 bits per heavy atom. The van der Waals surface area contributed by atoms with Gasteiger partial charge in [-0.15, -0.1) is 0 Å². The van der Waals surface area contributed by atoms with Crippen LogP contribution in [0.25, 0.3) is 22.5 Å². The van der Waals surface area contributed by atoms with Crippen LogP contribution in [0.5, 0.6) is 0 Å². The minimum atomic E-state index is -0.483. The molecular formula is C42H42N4O. The molecule has 2 atom stereocenters. The molecule has 2 unspecified atom stereocenters. The Kier molecular flexibility index (Phi) is 10.2. The molecule has 0 N–H and O–H groups in total. The number of aromatic nitrogens is 4. The van der Waals surface area contributed by atoms with Crippen LogP contribution < -0.4 is 0 Å². The molecule has 0 aliphatic rings. The lowest BCUT2D eigenvalue weighted by Gasteiger charge is -2.25. The van der Waals surface area contributed by atoms with Gasteiger partial charge in [0.25, 0.3) is 0 Å². The number of hydrogen-bond donors (Lipinski definition) is 0. The van der Waals surface area contributed by atoms with Crippen molar-refractivity contribution in [2.24, 2.45) is 0 Å². The fourth-order valence-corrected chi connectivity index (χ4v) is 5.70. The zero-order valence-corrected chi connectivity index (χ0v) is 27.7. The van der Waals surface area contributed by atoms with Crippen LogP contribution in [0, 0.1) is 0 Å². The Morgan fingerprint density at radius 1 is 0.404 bits per heavy atom. The zero-order chi connectivity index (χ0) is 32.6. The normalized spacial score (nSPS) is 12.5. The van der Waals surface area contributed by atoms with E-state index in [9.17, 15) is 0 Å². The van der Waals surface area contributed by atoms with E-state index in [-0.39, 0.29) is 0 Å². The average molecular weight is 619 g/mol. The highest BCUT2D eigenvalue weighted by Crippen LogP contribution is 2.35. The van der Waals surface area contributed by atoms with Crippen molar-refractivity contribution in [1.82, 2.24) is 19.9 Å². The topological polar surface area (TPSA) is 60.8 Å². The second kappa shape index (κ2) is 15.1. The number of nitrogens with zero attached hydrogens (tertiary/aromatic N) is 4. The maximum atomic E-state index is 7.09. The molecule has 236 valence electrons. The SMILES string of the molecule is CCc1ccc(-c2cnc(C(OC(c3ccc(CC)cc3)c3cnc(-c4ccc(CC)cc4)cn3)c3ccc(CC)cc3)cn2)cc1. The van der Waals surface area contributed by atoms with E-state index in [0.29, 0.717) is 0 Å². The molecule has 6 aromatic rings. The van der Waals surface area contributed by atoms with Crippen molar-refractivity contribution < 1.29 is 4.74 Å². The Hall–Kier alpha value is -5.00. The van der Waals surface area contributed by atoms with Crippen LogP contribution in [0.3, 0.4) is 0 Å². The smallest absolute Gasteiger partial charge is 0.127 e. The first kappa shape index (κ1) is 32.0. The van der Waals surface area contributed by atoms with E-state index < -0.39 is 12.2 Å². The second-order valence-electron chi connectivity index (χ2n) is 11.8. The monoisotopic (exact) mass is 618 g/mol. The van der Waals surface area contributed by atoms with E-state index in [1.54, 1.807) is 0 Å². The standard InChI is InChI=1S/C42H42N4O/c1-5-29-9-17-33(18-10-29)37-25-45-39(27-43-37)41(35-21-13-31(7-3)14-22-35)47-42(36-23-15-32(8-4)16-24-36)40-28-44-38(26-46-40)34-19-11-30(6-2)12-20-34/h9-28,41-42H,5-8H2,1-4H3. The summed E-state index contributed by atoms with van der Waals surface area (Å²) >= 11 is 0. The molecule has 0 saturated heterocycles. The van der Waals surface area contributed by atoms with E-state index in [2.05, 4.69) is 125 Å². The molecule has 0 amide bonds. The Morgan fingerprint density at radius 3 is 1.00 bits per heavy atom. The summed E-state index contributed by atoms with van der Waals surface area (Å²) in [7, 11) is 0. The molecule has 5 nitrogen and oxygen atoms in total. The first-order valence-electron chi connectivity index (χ1n) is 16.7. The molecule has 2 aromatic heterocycles. The van der Waals surface area contributed by atoms with Crippen molar-refractivity contribution in [1.29, 1.82) is 0 Å². The molecule has 6 rings (SSSR count). The summed E-state index contributed by atoms with van der Waals surface area (Å²) in [6.45, 7) is 8.65. The van der Waals surface area contributed by atoms with E-state index in [0.717, 1.165) is 70.7 Å².